The van der Waals surface area contributed by atoms with Gasteiger partial charge in [-0.2, -0.15) is 0 Å². The van der Waals surface area contributed by atoms with Gasteiger partial charge in [0.15, 0.2) is 5.78 Å². The Labute approximate surface area is 134 Å². The first-order valence-electron chi connectivity index (χ1n) is 7.15. The summed E-state index contributed by atoms with van der Waals surface area (Å²) in [4.78, 5) is 24.1. The standard InChI is InChI=1S/C18H18FNO3/c1-18(2,3)23-17(22)20-13-9-10-15(19)14(11-13)16(21)12-7-5-4-6-8-12/h4-11H,1-3H3,(H,20,22). The number of ketones is 1. The molecule has 2 aromatic rings. The SMILES string of the molecule is CC(C)(C)OC(=O)Nc1ccc(F)c(C(=O)c2ccccc2)c1. The highest BCUT2D eigenvalue weighted by molar-refractivity contribution is 6.09. The van der Waals surface area contributed by atoms with Crippen LogP contribution in [0, 0.1) is 5.82 Å². The summed E-state index contributed by atoms with van der Waals surface area (Å²) in [5.41, 5.74) is -0.0854. The zero-order valence-electron chi connectivity index (χ0n) is 13.2. The molecule has 1 N–H and O–H groups in total. The van der Waals surface area contributed by atoms with Crippen LogP contribution in [-0.2, 0) is 4.74 Å². The van der Waals surface area contributed by atoms with E-state index in [1.165, 1.54) is 12.1 Å². The van der Waals surface area contributed by atoms with Crippen LogP contribution in [0.15, 0.2) is 48.5 Å². The molecule has 0 aliphatic heterocycles. The second-order valence-electron chi connectivity index (χ2n) is 6.02. The summed E-state index contributed by atoms with van der Waals surface area (Å²) in [6, 6.07) is 12.2. The zero-order chi connectivity index (χ0) is 17.0. The van der Waals surface area contributed by atoms with Crippen molar-refractivity contribution in [3.05, 3.63) is 65.5 Å². The van der Waals surface area contributed by atoms with E-state index in [1.807, 2.05) is 0 Å². The lowest BCUT2D eigenvalue weighted by Gasteiger charge is -2.19. The van der Waals surface area contributed by atoms with E-state index in [0.717, 1.165) is 6.07 Å². The number of anilines is 1. The smallest absolute Gasteiger partial charge is 0.412 e. The Kier molecular flexibility index (Phi) is 4.79. The molecule has 0 aliphatic carbocycles. The summed E-state index contributed by atoms with van der Waals surface area (Å²) in [7, 11) is 0. The van der Waals surface area contributed by atoms with Crippen LogP contribution in [0.25, 0.3) is 0 Å². The first-order valence-corrected chi connectivity index (χ1v) is 7.15. The Hall–Kier alpha value is -2.69. The molecule has 2 aromatic carbocycles. The number of ether oxygens (including phenoxy) is 1. The molecular weight excluding hydrogens is 297 g/mol. The van der Waals surface area contributed by atoms with Gasteiger partial charge in [-0.05, 0) is 39.0 Å². The van der Waals surface area contributed by atoms with E-state index in [0.29, 0.717) is 11.3 Å². The van der Waals surface area contributed by atoms with Gasteiger partial charge in [0.2, 0.25) is 0 Å². The number of benzene rings is 2. The molecule has 0 aromatic heterocycles. The monoisotopic (exact) mass is 315 g/mol. The molecule has 0 spiro atoms. The van der Waals surface area contributed by atoms with Crippen molar-refractivity contribution in [1.82, 2.24) is 0 Å². The summed E-state index contributed by atoms with van der Waals surface area (Å²) in [5, 5.41) is 2.49. The van der Waals surface area contributed by atoms with Gasteiger partial charge in [-0.3, -0.25) is 10.1 Å². The molecule has 0 unspecified atom stereocenters. The molecule has 5 heteroatoms. The molecule has 0 aliphatic rings. The maximum Gasteiger partial charge on any atom is 0.412 e. The lowest BCUT2D eigenvalue weighted by molar-refractivity contribution is 0.0635. The van der Waals surface area contributed by atoms with Crippen LogP contribution in [0.1, 0.15) is 36.7 Å². The number of carbonyl (C=O) groups excluding carboxylic acids is 2. The second kappa shape index (κ2) is 6.60. The Balaban J connectivity index is 2.23. The number of hydrogen-bond acceptors (Lipinski definition) is 3. The molecule has 0 atom stereocenters. The Morgan fingerprint density at radius 3 is 2.30 bits per heavy atom. The zero-order valence-corrected chi connectivity index (χ0v) is 13.2. The number of carbonyl (C=O) groups is 2. The first kappa shape index (κ1) is 16.7. The number of nitrogens with one attached hydrogen (secondary N) is 1. The highest BCUT2D eigenvalue weighted by atomic mass is 19.1. The summed E-state index contributed by atoms with van der Waals surface area (Å²) in [6.45, 7) is 5.21. The molecule has 4 nitrogen and oxygen atoms in total. The van der Waals surface area contributed by atoms with E-state index < -0.39 is 23.3 Å². The third-order valence-corrected chi connectivity index (χ3v) is 2.89. The van der Waals surface area contributed by atoms with E-state index in [1.54, 1.807) is 51.1 Å². The summed E-state index contributed by atoms with van der Waals surface area (Å²) >= 11 is 0. The Morgan fingerprint density at radius 1 is 1.04 bits per heavy atom. The van der Waals surface area contributed by atoms with Crippen molar-refractivity contribution in [1.29, 1.82) is 0 Å². The summed E-state index contributed by atoms with van der Waals surface area (Å²) in [6.07, 6.45) is -0.665. The van der Waals surface area contributed by atoms with Crippen molar-refractivity contribution in [3.63, 3.8) is 0 Å². The number of rotatable bonds is 3. The van der Waals surface area contributed by atoms with Crippen molar-refractivity contribution in [2.75, 3.05) is 5.32 Å². The van der Waals surface area contributed by atoms with Gasteiger partial charge in [-0.15, -0.1) is 0 Å². The molecule has 120 valence electrons. The third kappa shape index (κ3) is 4.64. The lowest BCUT2D eigenvalue weighted by Crippen LogP contribution is -2.27. The fourth-order valence-corrected chi connectivity index (χ4v) is 1.94. The van der Waals surface area contributed by atoms with Gasteiger partial charge < -0.3 is 4.74 Å². The lowest BCUT2D eigenvalue weighted by atomic mass is 10.0. The highest BCUT2D eigenvalue weighted by Crippen LogP contribution is 2.19. The minimum atomic E-state index is -0.665. The first-order chi connectivity index (χ1) is 10.8. The fraction of sp³-hybridized carbons (Fsp3) is 0.222. The van der Waals surface area contributed by atoms with Crippen LogP contribution in [0.4, 0.5) is 14.9 Å². The van der Waals surface area contributed by atoms with Crippen LogP contribution < -0.4 is 5.32 Å². The van der Waals surface area contributed by atoms with Crippen molar-refractivity contribution >= 4 is 17.6 Å². The largest absolute Gasteiger partial charge is 0.444 e. The van der Waals surface area contributed by atoms with Crippen molar-refractivity contribution < 1.29 is 18.7 Å². The van der Waals surface area contributed by atoms with Crippen LogP contribution >= 0.6 is 0 Å². The number of amides is 1. The van der Waals surface area contributed by atoms with Crippen molar-refractivity contribution in [3.8, 4) is 0 Å². The van der Waals surface area contributed by atoms with Crippen LogP contribution in [-0.4, -0.2) is 17.5 Å². The van der Waals surface area contributed by atoms with Gasteiger partial charge in [-0.1, -0.05) is 30.3 Å². The number of hydrogen-bond donors (Lipinski definition) is 1. The molecule has 0 radical (unpaired) electrons. The average Bonchev–Trinajstić information content (AvgIpc) is 2.47. The maximum absolute atomic E-state index is 13.9. The van der Waals surface area contributed by atoms with Crippen molar-refractivity contribution in [2.45, 2.75) is 26.4 Å². The number of halogens is 1. The van der Waals surface area contributed by atoms with Gasteiger partial charge in [0, 0.05) is 11.3 Å². The van der Waals surface area contributed by atoms with E-state index in [2.05, 4.69) is 5.32 Å². The van der Waals surface area contributed by atoms with Gasteiger partial charge in [0.25, 0.3) is 0 Å². The van der Waals surface area contributed by atoms with Gasteiger partial charge in [0.05, 0.1) is 5.56 Å². The second-order valence-corrected chi connectivity index (χ2v) is 6.02. The molecule has 0 saturated heterocycles. The van der Waals surface area contributed by atoms with Crippen LogP contribution in [0.2, 0.25) is 0 Å². The molecule has 0 saturated carbocycles. The highest BCUT2D eigenvalue weighted by Gasteiger charge is 2.18. The van der Waals surface area contributed by atoms with E-state index >= 15 is 0 Å². The molecule has 23 heavy (non-hydrogen) atoms. The third-order valence-electron chi connectivity index (χ3n) is 2.89. The van der Waals surface area contributed by atoms with Crippen molar-refractivity contribution in [2.24, 2.45) is 0 Å². The Bertz CT molecular complexity index is 721. The van der Waals surface area contributed by atoms with Gasteiger partial charge >= 0.3 is 6.09 Å². The van der Waals surface area contributed by atoms with E-state index in [9.17, 15) is 14.0 Å². The molecule has 0 fully saturated rings. The summed E-state index contributed by atoms with van der Waals surface area (Å²) in [5.74, 6) is -1.09. The normalized spacial score (nSPS) is 11.0. The predicted octanol–water partition coefficient (Wildman–Crippen LogP) is 4.40. The molecule has 1 amide bonds. The molecule has 2 rings (SSSR count). The minimum absolute atomic E-state index is 0.107. The van der Waals surface area contributed by atoms with E-state index in [-0.39, 0.29) is 5.56 Å². The predicted molar refractivity (Wildman–Crippen MR) is 86.1 cm³/mol. The topological polar surface area (TPSA) is 55.4 Å². The van der Waals surface area contributed by atoms with Crippen LogP contribution in [0.5, 0.6) is 0 Å². The summed E-state index contributed by atoms with van der Waals surface area (Å²) < 4.78 is 19.1. The average molecular weight is 315 g/mol. The minimum Gasteiger partial charge on any atom is -0.444 e. The molecule has 0 heterocycles. The van der Waals surface area contributed by atoms with E-state index in [4.69, 9.17) is 4.74 Å². The molecule has 0 bridgehead atoms. The quantitative estimate of drug-likeness (QED) is 0.854. The van der Waals surface area contributed by atoms with Crippen LogP contribution in [0.3, 0.4) is 0 Å². The Morgan fingerprint density at radius 2 is 1.70 bits per heavy atom. The van der Waals surface area contributed by atoms with Gasteiger partial charge in [0.1, 0.15) is 11.4 Å². The fourth-order valence-electron chi connectivity index (χ4n) is 1.94. The molecular formula is C18H18FNO3. The van der Waals surface area contributed by atoms with Gasteiger partial charge in [-0.25, -0.2) is 9.18 Å². The maximum atomic E-state index is 13.9.